The number of alkyl halides is 6. The van der Waals surface area contributed by atoms with Gasteiger partial charge in [-0.3, -0.25) is 0 Å². The normalized spacial score (nSPS) is 14.6. The van der Waals surface area contributed by atoms with Crippen LogP contribution in [0.25, 0.3) is 32.9 Å². The molecule has 1 aliphatic rings. The average molecular weight is 977 g/mol. The van der Waals surface area contributed by atoms with Crippen LogP contribution in [0.15, 0.2) is 109 Å². The molecule has 300 valence electrons. The Bertz CT molecular complexity index is 2730. The Morgan fingerprint density at radius 1 is 0.724 bits per heavy atom. The Morgan fingerprint density at radius 2 is 1.31 bits per heavy atom. The van der Waals surface area contributed by atoms with E-state index in [4.69, 9.17) is 8.22 Å². The van der Waals surface area contributed by atoms with Crippen molar-refractivity contribution in [3.8, 4) is 11.1 Å². The predicted octanol–water partition coefficient (Wildman–Crippen LogP) is 12.7. The maximum absolute atomic E-state index is 12.7. The number of hydrogen-bond acceptors (Lipinski definition) is 4. The summed E-state index contributed by atoms with van der Waals surface area (Å²) < 4.78 is 125. The number of fused-ring (bicyclic) bond motifs is 4. The summed E-state index contributed by atoms with van der Waals surface area (Å²) in [5.41, 5.74) is 7.72. The van der Waals surface area contributed by atoms with Crippen molar-refractivity contribution >= 4 is 50.2 Å². The molecule has 0 radical (unpaired) electrons. The number of nitrogens with zero attached hydrogens (tertiary/aromatic N) is 4. The number of nitrogens with one attached hydrogen (secondary N) is 1. The van der Waals surface area contributed by atoms with Gasteiger partial charge < -0.3 is 25.0 Å². The van der Waals surface area contributed by atoms with E-state index in [9.17, 15) is 26.3 Å². The molecule has 0 fully saturated rings. The van der Waals surface area contributed by atoms with Gasteiger partial charge in [0.15, 0.2) is 0 Å². The summed E-state index contributed by atoms with van der Waals surface area (Å²) in [6.07, 6.45) is -9.11. The van der Waals surface area contributed by atoms with Crippen LogP contribution < -0.4 is 25.0 Å². The molecular weight excluding hydrogens is 932 g/mol. The standard InChI is InChI=1S/C32H33N4.C14H6F6N.Pt/c1-22-15-24(3)32(25(4)16-22)26-17-27(33-20-34(5)29-12-8-7-11-23(29)2)19-28(18-26)36-21-35(6)30-13-9-10-14-31(30)36;15-13(16,17)7-1-3-11-9(5-7)10-6-8(14(18,19)20)2-4-12(10)21-11;/h7-18,20-21,33H,1-6H3;1-6H;/q-3;-1;+4/i5D3,6D3;;. The summed E-state index contributed by atoms with van der Waals surface area (Å²) >= 11 is 0. The van der Waals surface area contributed by atoms with Crippen molar-refractivity contribution < 1.29 is 55.6 Å². The Labute approximate surface area is 357 Å². The molecule has 0 bridgehead atoms. The molecule has 6 aromatic carbocycles. The van der Waals surface area contributed by atoms with Crippen LogP contribution in [0.5, 0.6) is 0 Å². The number of benzene rings is 6. The molecule has 1 N–H and O–H groups in total. The van der Waals surface area contributed by atoms with Crippen LogP contribution >= 0.6 is 0 Å². The van der Waals surface area contributed by atoms with E-state index < -0.39 is 37.4 Å². The second-order valence-corrected chi connectivity index (χ2v) is 13.8. The van der Waals surface area contributed by atoms with Crippen LogP contribution in [0.1, 0.15) is 41.6 Å². The zero-order valence-corrected chi connectivity index (χ0v) is 33.7. The summed E-state index contributed by atoms with van der Waals surface area (Å²) in [7, 11) is 0. The molecule has 7 aromatic rings. The third-order valence-electron chi connectivity index (χ3n) is 9.61. The molecule has 0 atom stereocenters. The number of anilines is 5. The van der Waals surface area contributed by atoms with Crippen molar-refractivity contribution in [2.24, 2.45) is 0 Å². The predicted molar refractivity (Wildman–Crippen MR) is 218 cm³/mol. The molecule has 8 rings (SSSR count). The fourth-order valence-electron chi connectivity index (χ4n) is 7.06. The second-order valence-electron chi connectivity index (χ2n) is 13.8. The Morgan fingerprint density at radius 3 is 1.88 bits per heavy atom. The van der Waals surface area contributed by atoms with Gasteiger partial charge in [0, 0.05) is 25.3 Å². The minimum absolute atomic E-state index is 0. The molecule has 12 heteroatoms. The van der Waals surface area contributed by atoms with Crippen molar-refractivity contribution in [3.05, 3.63) is 162 Å². The fourth-order valence-corrected chi connectivity index (χ4v) is 7.06. The van der Waals surface area contributed by atoms with Crippen molar-refractivity contribution in [2.75, 3.05) is 34.0 Å². The van der Waals surface area contributed by atoms with Gasteiger partial charge >= 0.3 is 33.4 Å². The number of halogens is 6. The van der Waals surface area contributed by atoms with Gasteiger partial charge in [0.1, 0.15) is 0 Å². The van der Waals surface area contributed by atoms with E-state index in [2.05, 4.69) is 49.3 Å². The summed E-state index contributed by atoms with van der Waals surface area (Å²) in [6, 6.07) is 31.8. The quantitative estimate of drug-likeness (QED) is 0.133. The molecule has 0 saturated carbocycles. The molecule has 5 nitrogen and oxygen atoms in total. The summed E-state index contributed by atoms with van der Waals surface area (Å²) in [4.78, 5) is 8.34. The number of para-hydroxylation sites is 3. The molecule has 0 amide bonds. The van der Waals surface area contributed by atoms with E-state index in [1.165, 1.54) is 16.5 Å². The number of hydrogen-bond donors (Lipinski definition) is 1. The second kappa shape index (κ2) is 16.4. The minimum atomic E-state index is -4.56. The van der Waals surface area contributed by atoms with E-state index >= 15 is 0 Å². The van der Waals surface area contributed by atoms with Crippen molar-refractivity contribution in [1.82, 2.24) is 4.98 Å². The van der Waals surface area contributed by atoms with Crippen LogP contribution in [-0.2, 0) is 33.4 Å². The van der Waals surface area contributed by atoms with Gasteiger partial charge in [-0.15, -0.1) is 46.2 Å². The maximum Gasteiger partial charge on any atom is 4.00 e. The number of aryl methyl sites for hydroxylation is 4. The first kappa shape index (κ1) is 34.6. The number of rotatable bonds is 6. The Balaban J connectivity index is 0.000000259. The van der Waals surface area contributed by atoms with E-state index in [-0.39, 0.29) is 42.9 Å². The van der Waals surface area contributed by atoms with Gasteiger partial charge in [0.25, 0.3) is 0 Å². The first-order valence-corrected chi connectivity index (χ1v) is 17.7. The van der Waals surface area contributed by atoms with Crippen LogP contribution in [0.4, 0.5) is 54.8 Å². The van der Waals surface area contributed by atoms with Crippen molar-refractivity contribution in [2.45, 2.75) is 40.0 Å². The van der Waals surface area contributed by atoms with E-state index in [0.29, 0.717) is 28.4 Å². The number of aromatic nitrogens is 1. The smallest absolute Gasteiger partial charge is 0.657 e. The van der Waals surface area contributed by atoms with E-state index in [1.807, 2.05) is 49.4 Å². The first-order chi connectivity index (χ1) is 29.4. The van der Waals surface area contributed by atoms with E-state index in [1.54, 1.807) is 29.8 Å². The first-order valence-electron chi connectivity index (χ1n) is 20.7. The van der Waals surface area contributed by atoms with Gasteiger partial charge in [-0.2, -0.15) is 39.7 Å². The third-order valence-corrected chi connectivity index (χ3v) is 9.61. The van der Waals surface area contributed by atoms with Crippen LogP contribution in [0.3, 0.4) is 0 Å². The Kier molecular flexibility index (Phi) is 9.82. The van der Waals surface area contributed by atoms with E-state index in [0.717, 1.165) is 69.8 Å². The molecule has 0 saturated heterocycles. The van der Waals surface area contributed by atoms with Crippen molar-refractivity contribution in [1.29, 1.82) is 0 Å². The minimum Gasteiger partial charge on any atom is -0.657 e. The summed E-state index contributed by atoms with van der Waals surface area (Å²) in [5.74, 6) is 0. The Hall–Kier alpha value is -5.41. The van der Waals surface area contributed by atoms with Crippen LogP contribution in [0, 0.1) is 47.1 Å². The van der Waals surface area contributed by atoms with Crippen molar-refractivity contribution in [3.63, 3.8) is 0 Å². The maximum atomic E-state index is 12.7. The van der Waals surface area contributed by atoms with Gasteiger partial charge in [-0.1, -0.05) is 72.3 Å². The fraction of sp³-hybridized carbons (Fsp3) is 0.174. The third kappa shape index (κ3) is 8.70. The van der Waals surface area contributed by atoms with Gasteiger partial charge in [0.05, 0.1) is 11.1 Å². The topological polar surface area (TPSA) is 35.9 Å². The zero-order chi connectivity index (χ0) is 45.8. The largest absolute Gasteiger partial charge is 4.00 e. The monoisotopic (exact) mass is 976 g/mol. The SMILES string of the molecule is FC(F)(F)c1ccc2[n-]c3ccc(C(F)(F)F)cc3c2c1.[2H]C([2H])([2H])N([CH-]Nc1[c-]c(N2[CH-]N(C([2H])([2H])[2H])c3ccccc32)cc(-c2c(C)cc(C)cc2C)c1)c1ccccc1C.[Pt+4]. The van der Waals surface area contributed by atoms with Crippen LogP contribution in [-0.4, -0.2) is 14.0 Å². The van der Waals surface area contributed by atoms with Gasteiger partial charge in [-0.05, 0) is 105 Å². The molecular formula is C46H39F6N5Pt. The van der Waals surface area contributed by atoms with Crippen LogP contribution in [0.2, 0.25) is 0 Å². The molecule has 0 spiro atoms. The zero-order valence-electron chi connectivity index (χ0n) is 37.4. The molecule has 1 aromatic heterocycles. The molecule has 58 heavy (non-hydrogen) atoms. The summed E-state index contributed by atoms with van der Waals surface area (Å²) in [5, 5.41) is 3.31. The molecule has 2 heterocycles. The molecule has 0 unspecified atom stereocenters. The summed E-state index contributed by atoms with van der Waals surface area (Å²) in [6.45, 7) is 6.25. The molecule has 0 aliphatic carbocycles. The molecule has 1 aliphatic heterocycles. The van der Waals surface area contributed by atoms with Gasteiger partial charge in [-0.25, -0.2) is 0 Å². The average Bonchev–Trinajstić information content (AvgIpc) is 3.76. The van der Waals surface area contributed by atoms with Gasteiger partial charge in [0.2, 0.25) is 0 Å².